The van der Waals surface area contributed by atoms with Gasteiger partial charge in [0.1, 0.15) is 6.04 Å². The van der Waals surface area contributed by atoms with E-state index in [2.05, 4.69) is 24.3 Å². The first-order valence-corrected chi connectivity index (χ1v) is 8.46. The zero-order chi connectivity index (χ0) is 14.9. The highest BCUT2D eigenvalue weighted by Crippen LogP contribution is 2.45. The van der Waals surface area contributed by atoms with Gasteiger partial charge in [0, 0.05) is 12.2 Å². The minimum Gasteiger partial charge on any atom is -0.281 e. The molecule has 0 spiro atoms. The number of hydrogen-bond acceptors (Lipinski definition) is 3. The topological polar surface area (TPSA) is 32.7 Å². The maximum Gasteiger partial charge on any atom is 0.230 e. The first-order valence-electron chi connectivity index (χ1n) is 7.47. The van der Waals surface area contributed by atoms with Gasteiger partial charge in [-0.25, -0.2) is 0 Å². The van der Waals surface area contributed by atoms with Crippen molar-refractivity contribution >= 4 is 22.8 Å². The summed E-state index contributed by atoms with van der Waals surface area (Å²) in [7, 11) is 0. The lowest BCUT2D eigenvalue weighted by Gasteiger charge is -2.31. The number of nitrogens with zero attached hydrogens (tertiary/aromatic N) is 2. The van der Waals surface area contributed by atoms with Crippen LogP contribution in [0, 0.1) is 0 Å². The van der Waals surface area contributed by atoms with Crippen molar-refractivity contribution in [3.63, 3.8) is 0 Å². The van der Waals surface area contributed by atoms with E-state index in [-0.39, 0.29) is 18.0 Å². The predicted octanol–water partition coefficient (Wildman–Crippen LogP) is 3.80. The molecule has 0 bridgehead atoms. The quantitative estimate of drug-likeness (QED) is 0.845. The molecule has 2 heterocycles. The van der Waals surface area contributed by atoms with Crippen LogP contribution in [0.3, 0.4) is 0 Å². The Bertz CT molecular complexity index is 714. The third kappa shape index (κ3) is 2.24. The van der Waals surface area contributed by atoms with E-state index < -0.39 is 0 Å². The maximum atomic E-state index is 12.5. The second-order valence-electron chi connectivity index (χ2n) is 5.48. The van der Waals surface area contributed by atoms with E-state index in [1.54, 1.807) is 11.8 Å². The Morgan fingerprint density at radius 1 is 0.955 bits per heavy atom. The molecule has 0 radical (unpaired) electrons. The summed E-state index contributed by atoms with van der Waals surface area (Å²) in [6.45, 7) is 0. The summed E-state index contributed by atoms with van der Waals surface area (Å²) in [5, 5.41) is 0.874. The van der Waals surface area contributed by atoms with E-state index in [9.17, 15) is 4.79 Å². The number of benzene rings is 2. The number of aliphatic imine (C=N–C) groups is 1. The first kappa shape index (κ1) is 13.6. The van der Waals surface area contributed by atoms with Crippen LogP contribution >= 0.6 is 11.8 Å². The number of carbonyl (C=O) groups excluding carboxylic acids is 1. The molecule has 3 nitrogen and oxygen atoms in total. The molecule has 2 aliphatic heterocycles. The number of hydrogen-bond donors (Lipinski definition) is 0. The monoisotopic (exact) mass is 308 g/mol. The Labute approximate surface area is 134 Å². The van der Waals surface area contributed by atoms with Crippen LogP contribution in [0.4, 0.5) is 0 Å². The molecule has 2 aliphatic rings. The normalized spacial score (nSPS) is 24.1. The van der Waals surface area contributed by atoms with Gasteiger partial charge in [-0.05, 0) is 11.1 Å². The molecule has 22 heavy (non-hydrogen) atoms. The maximum absolute atomic E-state index is 12.5. The molecule has 1 saturated heterocycles. The number of fused-ring (bicyclic) bond motifs is 1. The van der Waals surface area contributed by atoms with Crippen LogP contribution in [0.1, 0.15) is 29.6 Å². The largest absolute Gasteiger partial charge is 0.281 e. The van der Waals surface area contributed by atoms with Crippen molar-refractivity contribution in [1.82, 2.24) is 4.90 Å². The standard InChI is InChI=1S/C18H16N2OS/c21-15-11-12-22-18-19-16(13-7-3-1-4-8-13)17(20(15)18)14-9-5-2-6-10-14/h1-10,16-17H,11-12H2. The van der Waals surface area contributed by atoms with Gasteiger partial charge in [0.05, 0.1) is 6.04 Å². The Balaban J connectivity index is 1.81. The van der Waals surface area contributed by atoms with E-state index in [0.717, 1.165) is 22.0 Å². The lowest BCUT2D eigenvalue weighted by molar-refractivity contribution is -0.128. The summed E-state index contributed by atoms with van der Waals surface area (Å²) < 4.78 is 0. The first-order chi connectivity index (χ1) is 10.8. The van der Waals surface area contributed by atoms with Crippen molar-refractivity contribution in [2.24, 2.45) is 4.99 Å². The Kier molecular flexibility index (Phi) is 3.47. The molecule has 2 aromatic carbocycles. The van der Waals surface area contributed by atoms with Crippen molar-refractivity contribution in [3.05, 3.63) is 71.8 Å². The lowest BCUT2D eigenvalue weighted by Crippen LogP contribution is -2.39. The molecule has 0 aliphatic carbocycles. The van der Waals surface area contributed by atoms with Gasteiger partial charge in [-0.15, -0.1) is 0 Å². The van der Waals surface area contributed by atoms with Crippen LogP contribution in [0.5, 0.6) is 0 Å². The fourth-order valence-corrected chi connectivity index (χ4v) is 4.12. The number of thioether (sulfide) groups is 1. The zero-order valence-corrected chi connectivity index (χ0v) is 12.9. The second-order valence-corrected chi connectivity index (χ2v) is 6.55. The van der Waals surface area contributed by atoms with Crippen LogP contribution in [0.2, 0.25) is 0 Å². The minimum atomic E-state index is -0.0288. The van der Waals surface area contributed by atoms with E-state index in [1.807, 2.05) is 41.3 Å². The summed E-state index contributed by atoms with van der Waals surface area (Å²) in [4.78, 5) is 19.2. The third-order valence-electron chi connectivity index (χ3n) is 4.13. The molecular weight excluding hydrogens is 292 g/mol. The van der Waals surface area contributed by atoms with Crippen LogP contribution in [0.25, 0.3) is 0 Å². The minimum absolute atomic E-state index is 0.0202. The second kappa shape index (κ2) is 5.61. The van der Waals surface area contributed by atoms with Crippen LogP contribution in [-0.2, 0) is 4.79 Å². The summed E-state index contributed by atoms with van der Waals surface area (Å²) in [5.74, 6) is 1.02. The van der Waals surface area contributed by atoms with Crippen LogP contribution < -0.4 is 0 Å². The average molecular weight is 308 g/mol. The van der Waals surface area contributed by atoms with Gasteiger partial charge in [0.2, 0.25) is 5.91 Å². The van der Waals surface area contributed by atoms with E-state index in [1.165, 1.54) is 0 Å². The highest BCUT2D eigenvalue weighted by Gasteiger charge is 2.43. The van der Waals surface area contributed by atoms with Gasteiger partial charge < -0.3 is 0 Å². The molecule has 2 aromatic rings. The Hall–Kier alpha value is -2.07. The van der Waals surface area contributed by atoms with Crippen molar-refractivity contribution in [3.8, 4) is 0 Å². The van der Waals surface area contributed by atoms with E-state index >= 15 is 0 Å². The smallest absolute Gasteiger partial charge is 0.230 e. The van der Waals surface area contributed by atoms with Gasteiger partial charge in [0.25, 0.3) is 0 Å². The summed E-state index contributed by atoms with van der Waals surface area (Å²) >= 11 is 1.69. The SMILES string of the molecule is O=C1CCSC2=NC(c3ccccc3)C(c3ccccc3)N12. The van der Waals surface area contributed by atoms with E-state index in [4.69, 9.17) is 4.99 Å². The highest BCUT2D eigenvalue weighted by molar-refractivity contribution is 8.14. The Morgan fingerprint density at radius 2 is 1.59 bits per heavy atom. The van der Waals surface area contributed by atoms with Crippen molar-refractivity contribution < 1.29 is 4.79 Å². The van der Waals surface area contributed by atoms with Crippen molar-refractivity contribution in [2.75, 3.05) is 5.75 Å². The number of amidine groups is 1. The average Bonchev–Trinajstić information content (AvgIpc) is 2.97. The highest BCUT2D eigenvalue weighted by atomic mass is 32.2. The molecule has 4 rings (SSSR count). The lowest BCUT2D eigenvalue weighted by atomic mass is 9.93. The van der Waals surface area contributed by atoms with Gasteiger partial charge in [-0.1, -0.05) is 72.4 Å². The number of carbonyl (C=O) groups is 1. The molecule has 0 N–H and O–H groups in total. The third-order valence-corrected chi connectivity index (χ3v) is 5.10. The molecular formula is C18H16N2OS. The summed E-state index contributed by atoms with van der Waals surface area (Å²) in [6, 6.07) is 20.4. The van der Waals surface area contributed by atoms with E-state index in [0.29, 0.717) is 6.42 Å². The molecule has 1 fully saturated rings. The van der Waals surface area contributed by atoms with Crippen molar-refractivity contribution in [1.29, 1.82) is 0 Å². The van der Waals surface area contributed by atoms with Crippen LogP contribution in [-0.4, -0.2) is 21.7 Å². The summed E-state index contributed by atoms with van der Waals surface area (Å²) in [6.07, 6.45) is 0.592. The fourth-order valence-electron chi connectivity index (χ4n) is 3.12. The molecule has 1 amide bonds. The fraction of sp³-hybridized carbons (Fsp3) is 0.222. The van der Waals surface area contributed by atoms with Crippen LogP contribution in [0.15, 0.2) is 65.7 Å². The molecule has 0 saturated carbocycles. The molecule has 2 unspecified atom stereocenters. The van der Waals surface area contributed by atoms with Gasteiger partial charge in [-0.2, -0.15) is 0 Å². The molecule has 4 heteroatoms. The Morgan fingerprint density at radius 3 is 2.27 bits per heavy atom. The molecule has 2 atom stereocenters. The molecule has 0 aromatic heterocycles. The molecule has 110 valence electrons. The zero-order valence-electron chi connectivity index (χ0n) is 12.1. The van der Waals surface area contributed by atoms with Crippen molar-refractivity contribution in [2.45, 2.75) is 18.5 Å². The van der Waals surface area contributed by atoms with Gasteiger partial charge >= 0.3 is 0 Å². The summed E-state index contributed by atoms with van der Waals surface area (Å²) in [5.41, 5.74) is 2.30. The van der Waals surface area contributed by atoms with Gasteiger partial charge in [0.15, 0.2) is 5.17 Å². The van der Waals surface area contributed by atoms with Gasteiger partial charge in [-0.3, -0.25) is 14.7 Å². The number of rotatable bonds is 2. The number of amides is 1. The predicted molar refractivity (Wildman–Crippen MR) is 89.7 cm³/mol.